The summed E-state index contributed by atoms with van der Waals surface area (Å²) in [6.07, 6.45) is 0.788. The highest BCUT2D eigenvalue weighted by atomic mass is 32.1. The number of methoxy groups -OCH3 is 2. The molecule has 0 aliphatic carbocycles. The molecule has 0 fully saturated rings. The van der Waals surface area contributed by atoms with Crippen molar-refractivity contribution in [3.8, 4) is 11.5 Å². The van der Waals surface area contributed by atoms with Gasteiger partial charge in [0.25, 0.3) is 5.91 Å². The molecule has 9 heteroatoms. The van der Waals surface area contributed by atoms with Crippen molar-refractivity contribution >= 4 is 39.5 Å². The van der Waals surface area contributed by atoms with Crippen LogP contribution in [0.15, 0.2) is 41.1 Å². The molecule has 2 amide bonds. The van der Waals surface area contributed by atoms with E-state index in [9.17, 15) is 9.59 Å². The third-order valence-electron chi connectivity index (χ3n) is 5.32. The molecule has 0 saturated carbocycles. The van der Waals surface area contributed by atoms with Gasteiger partial charge in [-0.3, -0.25) is 14.5 Å². The van der Waals surface area contributed by atoms with Gasteiger partial charge < -0.3 is 20.5 Å². The molecule has 1 aliphatic rings. The number of nitrogens with zero attached hydrogens (tertiary/aromatic N) is 1. The number of hydrogen-bond acceptors (Lipinski definition) is 7. The molecule has 0 unspecified atom stereocenters. The number of ether oxygens (including phenoxy) is 2. The van der Waals surface area contributed by atoms with Crippen LogP contribution in [-0.4, -0.2) is 44.0 Å². The molecule has 0 spiro atoms. The molecule has 0 radical (unpaired) electrons. The van der Waals surface area contributed by atoms with E-state index in [0.29, 0.717) is 28.6 Å². The monoisotopic (exact) mass is 457 g/mol. The number of hydrogen-bond donors (Lipinski definition) is 2. The van der Waals surface area contributed by atoms with Crippen molar-refractivity contribution in [3.63, 3.8) is 0 Å². The molecule has 7 nitrogen and oxygen atoms in total. The van der Waals surface area contributed by atoms with Crippen molar-refractivity contribution in [2.75, 3.05) is 32.6 Å². The Labute approximate surface area is 188 Å². The van der Waals surface area contributed by atoms with E-state index in [1.165, 1.54) is 16.9 Å². The Kier molecular flexibility index (Phi) is 6.26. The van der Waals surface area contributed by atoms with Gasteiger partial charge in [-0.2, -0.15) is 0 Å². The lowest BCUT2D eigenvalue weighted by atomic mass is 9.91. The molecular weight excluding hydrogens is 434 g/mol. The lowest BCUT2D eigenvalue weighted by Gasteiger charge is -2.36. The zero-order valence-corrected chi connectivity index (χ0v) is 18.8. The van der Waals surface area contributed by atoms with Crippen molar-refractivity contribution in [1.82, 2.24) is 4.90 Å². The Balaban J connectivity index is 1.63. The van der Waals surface area contributed by atoms with Crippen LogP contribution < -0.4 is 20.5 Å². The largest absolute Gasteiger partial charge is 0.493 e. The van der Waals surface area contributed by atoms with Gasteiger partial charge in [0, 0.05) is 11.4 Å². The van der Waals surface area contributed by atoms with E-state index in [1.54, 1.807) is 37.0 Å². The Morgan fingerprint density at radius 1 is 1.16 bits per heavy atom. The predicted octanol–water partition coefficient (Wildman–Crippen LogP) is 3.51. The van der Waals surface area contributed by atoms with E-state index in [4.69, 9.17) is 15.2 Å². The Bertz CT molecular complexity index is 1090. The molecule has 1 aliphatic heterocycles. The summed E-state index contributed by atoms with van der Waals surface area (Å²) < 4.78 is 11.0. The van der Waals surface area contributed by atoms with Crippen LogP contribution in [0.25, 0.3) is 0 Å². The van der Waals surface area contributed by atoms with Crippen molar-refractivity contribution in [1.29, 1.82) is 0 Å². The number of thiophene rings is 2. The van der Waals surface area contributed by atoms with Crippen LogP contribution in [0.3, 0.4) is 0 Å². The van der Waals surface area contributed by atoms with Crippen LogP contribution in [0.4, 0.5) is 5.00 Å². The first-order valence-electron chi connectivity index (χ1n) is 9.71. The molecule has 3 heterocycles. The summed E-state index contributed by atoms with van der Waals surface area (Å²) >= 11 is 2.94. The van der Waals surface area contributed by atoms with Gasteiger partial charge in [0.2, 0.25) is 5.91 Å². The second-order valence-corrected chi connectivity index (χ2v) is 9.02. The molecule has 31 heavy (non-hydrogen) atoms. The Morgan fingerprint density at radius 3 is 2.61 bits per heavy atom. The van der Waals surface area contributed by atoms with Gasteiger partial charge in [-0.1, -0.05) is 6.07 Å². The van der Waals surface area contributed by atoms with Gasteiger partial charge in [-0.25, -0.2) is 0 Å². The number of carbonyl (C=O) groups is 2. The molecule has 3 aromatic rings. The van der Waals surface area contributed by atoms with Crippen LogP contribution >= 0.6 is 22.7 Å². The zero-order valence-electron chi connectivity index (χ0n) is 17.2. The lowest BCUT2D eigenvalue weighted by molar-refractivity contribution is -0.117. The third kappa shape index (κ3) is 4.30. The standard InChI is InChI=1S/C22H23N3O4S2/c1-28-16-10-13-5-7-25(12-19(26)24-22-14(21(23)27)6-9-31-22)20(18-4-3-8-30-18)15(13)11-17(16)29-2/h3-4,6,8-11,20H,5,7,12H2,1-2H3,(H2,23,27)(H,24,26)/t20-/m0/s1. The minimum atomic E-state index is -0.555. The molecule has 1 aromatic carbocycles. The summed E-state index contributed by atoms with van der Waals surface area (Å²) in [5.41, 5.74) is 8.01. The van der Waals surface area contributed by atoms with Gasteiger partial charge >= 0.3 is 0 Å². The maximum Gasteiger partial charge on any atom is 0.251 e. The fraction of sp³-hybridized carbons (Fsp3) is 0.273. The van der Waals surface area contributed by atoms with Crippen LogP contribution in [0.5, 0.6) is 11.5 Å². The van der Waals surface area contributed by atoms with E-state index in [2.05, 4.69) is 16.3 Å². The first kappa shape index (κ1) is 21.4. The molecule has 4 rings (SSSR count). The van der Waals surface area contributed by atoms with E-state index >= 15 is 0 Å². The summed E-state index contributed by atoms with van der Waals surface area (Å²) in [4.78, 5) is 27.7. The maximum absolute atomic E-state index is 12.9. The first-order valence-corrected chi connectivity index (χ1v) is 11.5. The smallest absolute Gasteiger partial charge is 0.251 e. The van der Waals surface area contributed by atoms with Crippen LogP contribution in [-0.2, 0) is 11.2 Å². The highest BCUT2D eigenvalue weighted by Gasteiger charge is 2.32. The average molecular weight is 458 g/mol. The predicted molar refractivity (Wildman–Crippen MR) is 122 cm³/mol. The number of benzene rings is 1. The van der Waals surface area contributed by atoms with Crippen LogP contribution in [0, 0.1) is 0 Å². The van der Waals surface area contributed by atoms with Crippen molar-refractivity contribution in [2.24, 2.45) is 5.73 Å². The number of nitrogens with two attached hydrogens (primary N) is 1. The van der Waals surface area contributed by atoms with Gasteiger partial charge in [0.05, 0.1) is 32.4 Å². The molecule has 0 saturated heterocycles. The second kappa shape index (κ2) is 9.09. The Morgan fingerprint density at radius 2 is 1.94 bits per heavy atom. The van der Waals surface area contributed by atoms with Crippen LogP contribution in [0.2, 0.25) is 0 Å². The number of rotatable bonds is 7. The number of fused-ring (bicyclic) bond motifs is 1. The molecule has 162 valence electrons. The summed E-state index contributed by atoms with van der Waals surface area (Å²) in [7, 11) is 3.25. The highest BCUT2D eigenvalue weighted by Crippen LogP contribution is 2.42. The first-order chi connectivity index (χ1) is 15.0. The minimum Gasteiger partial charge on any atom is -0.493 e. The lowest BCUT2D eigenvalue weighted by Crippen LogP contribution is -2.41. The fourth-order valence-corrected chi connectivity index (χ4v) is 5.58. The summed E-state index contributed by atoms with van der Waals surface area (Å²) in [5.74, 6) is 0.629. The summed E-state index contributed by atoms with van der Waals surface area (Å²) in [5, 5.41) is 7.10. The second-order valence-electron chi connectivity index (χ2n) is 7.12. The number of primary amides is 1. The average Bonchev–Trinajstić information content (AvgIpc) is 3.44. The highest BCUT2D eigenvalue weighted by molar-refractivity contribution is 7.14. The summed E-state index contributed by atoms with van der Waals surface area (Å²) in [6, 6.07) is 9.67. The normalized spacial score (nSPS) is 15.9. The Hall–Kier alpha value is -2.88. The number of carbonyl (C=O) groups excluding carboxylic acids is 2. The SMILES string of the molecule is COc1cc2c(cc1OC)[C@@H](c1cccs1)N(CC(=O)Nc1sccc1C(N)=O)CC2. The summed E-state index contributed by atoms with van der Waals surface area (Å²) in [6.45, 7) is 0.901. The fourth-order valence-electron chi connectivity index (χ4n) is 3.90. The van der Waals surface area contributed by atoms with Gasteiger partial charge in [-0.05, 0) is 52.6 Å². The topological polar surface area (TPSA) is 93.9 Å². The molecule has 3 N–H and O–H groups in total. The van der Waals surface area contributed by atoms with Crippen molar-refractivity contribution in [2.45, 2.75) is 12.5 Å². The van der Waals surface area contributed by atoms with E-state index in [0.717, 1.165) is 16.9 Å². The maximum atomic E-state index is 12.9. The van der Waals surface area contributed by atoms with Crippen LogP contribution in [0.1, 0.15) is 32.4 Å². The zero-order chi connectivity index (χ0) is 22.0. The molecule has 1 atom stereocenters. The number of anilines is 1. The van der Waals surface area contributed by atoms with Gasteiger partial charge in [0.15, 0.2) is 11.5 Å². The van der Waals surface area contributed by atoms with Crippen molar-refractivity contribution in [3.05, 3.63) is 62.7 Å². The minimum absolute atomic E-state index is 0.0757. The third-order valence-corrected chi connectivity index (χ3v) is 7.07. The van der Waals surface area contributed by atoms with E-state index in [1.807, 2.05) is 23.6 Å². The van der Waals surface area contributed by atoms with E-state index < -0.39 is 5.91 Å². The van der Waals surface area contributed by atoms with Gasteiger partial charge in [0.1, 0.15) is 5.00 Å². The number of amides is 2. The molecule has 2 aromatic heterocycles. The quantitative estimate of drug-likeness (QED) is 0.566. The number of nitrogens with one attached hydrogen (secondary N) is 1. The van der Waals surface area contributed by atoms with Crippen molar-refractivity contribution < 1.29 is 19.1 Å². The molecular formula is C22H23N3O4S2. The van der Waals surface area contributed by atoms with Gasteiger partial charge in [-0.15, -0.1) is 22.7 Å². The van der Waals surface area contributed by atoms with E-state index in [-0.39, 0.29) is 18.5 Å². The molecule has 0 bridgehead atoms.